The summed E-state index contributed by atoms with van der Waals surface area (Å²) in [6.45, 7) is 0.240. The smallest absolute Gasteiger partial charge is 0.326 e. The van der Waals surface area contributed by atoms with Crippen molar-refractivity contribution in [3.63, 3.8) is 0 Å². The molecule has 0 fully saturated rings. The number of nitrogens with two attached hydrogens (primary N) is 2. The molecule has 0 bridgehead atoms. The van der Waals surface area contributed by atoms with Crippen molar-refractivity contribution in [3.8, 4) is 5.75 Å². The molecule has 2 aromatic carbocycles. The number of nitrogens with one attached hydrogen (secondary N) is 2. The number of guanidine groups is 1. The predicted molar refractivity (Wildman–Crippen MR) is 128 cm³/mol. The first-order valence-corrected chi connectivity index (χ1v) is 10.9. The van der Waals surface area contributed by atoms with Crippen LogP contribution in [0.3, 0.4) is 0 Å². The molecule has 0 saturated heterocycles. The third-order valence-corrected chi connectivity index (χ3v) is 5.07. The van der Waals surface area contributed by atoms with Crippen LogP contribution in [0.2, 0.25) is 0 Å². The van der Waals surface area contributed by atoms with Crippen molar-refractivity contribution in [2.24, 2.45) is 16.5 Å². The molecule has 0 aliphatic heterocycles. The van der Waals surface area contributed by atoms with E-state index in [1.165, 1.54) is 12.1 Å². The van der Waals surface area contributed by atoms with E-state index in [9.17, 15) is 24.6 Å². The first-order chi connectivity index (χ1) is 16.2. The Kier molecular flexibility index (Phi) is 10.4. The topological polar surface area (TPSA) is 180 Å². The average Bonchev–Trinajstić information content (AvgIpc) is 2.80. The van der Waals surface area contributed by atoms with Crippen molar-refractivity contribution in [1.29, 1.82) is 0 Å². The first kappa shape index (κ1) is 26.2. The Morgan fingerprint density at radius 3 is 2.21 bits per heavy atom. The van der Waals surface area contributed by atoms with Gasteiger partial charge in [0, 0.05) is 19.4 Å². The lowest BCUT2D eigenvalue weighted by atomic mass is 10.0. The minimum atomic E-state index is -1.19. The maximum Gasteiger partial charge on any atom is 0.326 e. The van der Waals surface area contributed by atoms with Gasteiger partial charge in [-0.15, -0.1) is 0 Å². The maximum absolute atomic E-state index is 13.0. The fraction of sp³-hybridized carbons (Fsp3) is 0.333. The molecule has 2 amide bonds. The van der Waals surface area contributed by atoms with E-state index < -0.39 is 24.0 Å². The molecule has 0 saturated carbocycles. The van der Waals surface area contributed by atoms with Crippen LogP contribution < -0.4 is 22.1 Å². The first-order valence-electron chi connectivity index (χ1n) is 10.9. The van der Waals surface area contributed by atoms with Gasteiger partial charge in [0.15, 0.2) is 5.96 Å². The molecule has 0 spiro atoms. The summed E-state index contributed by atoms with van der Waals surface area (Å²) in [7, 11) is 0. The average molecular weight is 470 g/mol. The van der Waals surface area contributed by atoms with E-state index >= 15 is 0 Å². The van der Waals surface area contributed by atoms with Crippen molar-refractivity contribution in [1.82, 2.24) is 10.6 Å². The summed E-state index contributed by atoms with van der Waals surface area (Å²) in [5, 5.41) is 24.1. The fourth-order valence-electron chi connectivity index (χ4n) is 3.28. The van der Waals surface area contributed by atoms with Gasteiger partial charge in [0.2, 0.25) is 11.8 Å². The fourth-order valence-corrected chi connectivity index (χ4v) is 3.28. The van der Waals surface area contributed by atoms with E-state index in [-0.39, 0.29) is 43.4 Å². The van der Waals surface area contributed by atoms with Crippen LogP contribution >= 0.6 is 0 Å². The Labute approximate surface area is 198 Å². The molecule has 10 heteroatoms. The molecule has 0 radical (unpaired) electrons. The number of aromatic hydroxyl groups is 1. The summed E-state index contributed by atoms with van der Waals surface area (Å²) in [6.07, 6.45) is 1.25. The lowest BCUT2D eigenvalue weighted by Crippen LogP contribution is -2.52. The molecular formula is C24H31N5O5. The zero-order chi connectivity index (χ0) is 24.9. The number of aliphatic imine (C=N–C) groups is 1. The van der Waals surface area contributed by atoms with Crippen molar-refractivity contribution < 1.29 is 24.6 Å². The van der Waals surface area contributed by atoms with Gasteiger partial charge in [0.1, 0.15) is 17.8 Å². The molecule has 1 unspecified atom stereocenters. The number of carboxylic acid groups (broad SMARTS) is 1. The number of benzene rings is 2. The summed E-state index contributed by atoms with van der Waals surface area (Å²) in [5.41, 5.74) is 12.2. The lowest BCUT2D eigenvalue weighted by Gasteiger charge is -2.22. The molecule has 0 aliphatic carbocycles. The van der Waals surface area contributed by atoms with E-state index in [1.807, 2.05) is 30.3 Å². The van der Waals surface area contributed by atoms with Crippen molar-refractivity contribution in [2.75, 3.05) is 6.54 Å². The minimum Gasteiger partial charge on any atom is -0.508 e. The zero-order valence-electron chi connectivity index (χ0n) is 18.8. The van der Waals surface area contributed by atoms with E-state index in [2.05, 4.69) is 15.6 Å². The highest BCUT2D eigenvalue weighted by Gasteiger charge is 2.26. The van der Waals surface area contributed by atoms with E-state index in [4.69, 9.17) is 11.5 Å². The number of carboxylic acids is 1. The summed E-state index contributed by atoms with van der Waals surface area (Å²) in [4.78, 5) is 41.0. The van der Waals surface area contributed by atoms with Gasteiger partial charge in [-0.05, 0) is 42.5 Å². The van der Waals surface area contributed by atoms with Crippen LogP contribution in [-0.2, 0) is 27.2 Å². The molecule has 0 heterocycles. The number of carbonyl (C=O) groups excluding carboxylic acids is 2. The number of carbonyl (C=O) groups is 3. The molecule has 0 aromatic heterocycles. The number of aryl methyl sites for hydroxylation is 1. The summed E-state index contributed by atoms with van der Waals surface area (Å²) in [6, 6.07) is 13.6. The number of amides is 2. The molecule has 2 atom stereocenters. The number of rotatable bonds is 13. The van der Waals surface area contributed by atoms with Gasteiger partial charge in [-0.3, -0.25) is 14.6 Å². The standard InChI is InChI=1S/C24H31N5O5/c25-24(26)27-14-4-7-19(23(33)34)29-22(32)20(15-17-5-2-1-3-6-17)28-21(31)13-10-16-8-11-18(30)12-9-16/h1-3,5-6,8-9,11-12,19-20,30H,4,7,10,13-15H2,(H,28,31)(H,29,32)(H,33,34)(H4,25,26,27)/t19?,20-/m0/s1. The van der Waals surface area contributed by atoms with E-state index in [1.54, 1.807) is 12.1 Å². The molecule has 10 nitrogen and oxygen atoms in total. The van der Waals surface area contributed by atoms with Crippen molar-refractivity contribution in [2.45, 2.75) is 44.2 Å². The second kappa shape index (κ2) is 13.5. The summed E-state index contributed by atoms with van der Waals surface area (Å²) in [5.74, 6) is -2.07. The number of aliphatic carboxylic acids is 1. The molecule has 34 heavy (non-hydrogen) atoms. The Bertz CT molecular complexity index is 975. The quantitative estimate of drug-likeness (QED) is 0.142. The normalized spacial score (nSPS) is 12.2. The van der Waals surface area contributed by atoms with Gasteiger partial charge < -0.3 is 32.3 Å². The number of hydrogen-bond acceptors (Lipinski definition) is 5. The summed E-state index contributed by atoms with van der Waals surface area (Å²) < 4.78 is 0. The molecule has 8 N–H and O–H groups in total. The van der Waals surface area contributed by atoms with Gasteiger partial charge in [0.25, 0.3) is 0 Å². The number of nitrogens with zero attached hydrogens (tertiary/aromatic N) is 1. The van der Waals surface area contributed by atoms with Crippen LogP contribution in [0.15, 0.2) is 59.6 Å². The van der Waals surface area contributed by atoms with Crippen LogP contribution in [0.4, 0.5) is 0 Å². The van der Waals surface area contributed by atoms with Crippen LogP contribution in [0, 0.1) is 0 Å². The van der Waals surface area contributed by atoms with Crippen molar-refractivity contribution in [3.05, 3.63) is 65.7 Å². The lowest BCUT2D eigenvalue weighted by molar-refractivity contribution is -0.142. The largest absolute Gasteiger partial charge is 0.508 e. The van der Waals surface area contributed by atoms with Gasteiger partial charge in [0.05, 0.1) is 0 Å². The Hall–Kier alpha value is -4.08. The molecule has 182 valence electrons. The van der Waals surface area contributed by atoms with Crippen LogP contribution in [0.25, 0.3) is 0 Å². The molecule has 0 aliphatic rings. The Morgan fingerprint density at radius 2 is 1.59 bits per heavy atom. The second-order valence-electron chi connectivity index (χ2n) is 7.82. The second-order valence-corrected chi connectivity index (χ2v) is 7.82. The van der Waals surface area contributed by atoms with Gasteiger partial charge in [-0.25, -0.2) is 4.79 Å². The third kappa shape index (κ3) is 9.60. The van der Waals surface area contributed by atoms with E-state index in [0.717, 1.165) is 11.1 Å². The van der Waals surface area contributed by atoms with Gasteiger partial charge in [-0.1, -0.05) is 42.5 Å². The third-order valence-electron chi connectivity index (χ3n) is 5.07. The zero-order valence-corrected chi connectivity index (χ0v) is 18.8. The predicted octanol–water partition coefficient (Wildman–Crippen LogP) is 0.675. The van der Waals surface area contributed by atoms with Crippen LogP contribution in [0.1, 0.15) is 30.4 Å². The van der Waals surface area contributed by atoms with Crippen LogP contribution in [-0.4, -0.2) is 52.6 Å². The Morgan fingerprint density at radius 1 is 0.912 bits per heavy atom. The number of phenolic OH excluding ortho intramolecular Hbond substituents is 1. The van der Waals surface area contributed by atoms with Gasteiger partial charge in [-0.2, -0.15) is 0 Å². The molecular weight excluding hydrogens is 438 g/mol. The Balaban J connectivity index is 2.03. The maximum atomic E-state index is 13.0. The SMILES string of the molecule is NC(N)=NCCCC(NC(=O)[C@H](Cc1ccccc1)NC(=O)CCc1ccc(O)cc1)C(=O)O. The summed E-state index contributed by atoms with van der Waals surface area (Å²) >= 11 is 0. The van der Waals surface area contributed by atoms with Gasteiger partial charge >= 0.3 is 5.97 Å². The molecule has 2 rings (SSSR count). The van der Waals surface area contributed by atoms with Crippen LogP contribution in [0.5, 0.6) is 5.75 Å². The monoisotopic (exact) mass is 469 g/mol. The highest BCUT2D eigenvalue weighted by molar-refractivity contribution is 5.90. The number of hydrogen-bond donors (Lipinski definition) is 6. The minimum absolute atomic E-state index is 0.0890. The van der Waals surface area contributed by atoms with Crippen molar-refractivity contribution >= 4 is 23.7 Å². The van der Waals surface area contributed by atoms with E-state index in [0.29, 0.717) is 12.8 Å². The highest BCUT2D eigenvalue weighted by Crippen LogP contribution is 2.11. The number of phenols is 1. The molecule has 2 aromatic rings. The highest BCUT2D eigenvalue weighted by atomic mass is 16.4.